The van der Waals surface area contributed by atoms with Crippen molar-refractivity contribution in [3.05, 3.63) is 40.9 Å². The highest BCUT2D eigenvalue weighted by atomic mass is 32.1. The molecule has 1 aliphatic carbocycles. The van der Waals surface area contributed by atoms with Crippen LogP contribution in [0.1, 0.15) is 35.2 Å². The molecule has 94 valence electrons. The van der Waals surface area contributed by atoms with Crippen molar-refractivity contribution >= 4 is 28.4 Å². The predicted molar refractivity (Wildman–Crippen MR) is 73.8 cm³/mol. The Morgan fingerprint density at radius 1 is 1.26 bits per heavy atom. The van der Waals surface area contributed by atoms with E-state index < -0.39 is 0 Å². The number of hydrogen-bond acceptors (Lipinski definition) is 5. The minimum atomic E-state index is 0.562. The highest BCUT2D eigenvalue weighted by Gasteiger charge is 2.29. The van der Waals surface area contributed by atoms with E-state index >= 15 is 0 Å². The summed E-state index contributed by atoms with van der Waals surface area (Å²) < 4.78 is 1.88. The Hall–Kier alpha value is -2.08. The molecule has 0 bridgehead atoms. The van der Waals surface area contributed by atoms with Gasteiger partial charge in [0.15, 0.2) is 5.82 Å². The second-order valence-electron chi connectivity index (χ2n) is 4.59. The average molecular weight is 269 g/mol. The molecular formula is C13H11N5S. The van der Waals surface area contributed by atoms with E-state index in [2.05, 4.69) is 20.3 Å². The van der Waals surface area contributed by atoms with E-state index in [-0.39, 0.29) is 0 Å². The van der Waals surface area contributed by atoms with Crippen molar-refractivity contribution in [2.24, 2.45) is 0 Å². The van der Waals surface area contributed by atoms with Gasteiger partial charge in [-0.2, -0.15) is 9.61 Å². The third kappa shape index (κ3) is 2.04. The SMILES string of the molecule is C(=C\c1nn2c(C3CC3)nnc2s1)/c1cccnc1. The van der Waals surface area contributed by atoms with Crippen LogP contribution in [-0.2, 0) is 0 Å². The Morgan fingerprint density at radius 3 is 3.00 bits per heavy atom. The van der Waals surface area contributed by atoms with Gasteiger partial charge < -0.3 is 0 Å². The first-order chi connectivity index (χ1) is 9.40. The van der Waals surface area contributed by atoms with Crippen molar-refractivity contribution in [3.8, 4) is 0 Å². The van der Waals surface area contributed by atoms with Gasteiger partial charge in [0.2, 0.25) is 4.96 Å². The van der Waals surface area contributed by atoms with Crippen molar-refractivity contribution in [2.45, 2.75) is 18.8 Å². The van der Waals surface area contributed by atoms with Gasteiger partial charge in [-0.15, -0.1) is 10.2 Å². The molecule has 0 radical (unpaired) electrons. The summed E-state index contributed by atoms with van der Waals surface area (Å²) in [4.78, 5) is 4.95. The largest absolute Gasteiger partial charge is 0.264 e. The van der Waals surface area contributed by atoms with Gasteiger partial charge in [-0.25, -0.2) is 0 Å². The predicted octanol–water partition coefficient (Wildman–Crippen LogP) is 2.63. The summed E-state index contributed by atoms with van der Waals surface area (Å²) >= 11 is 1.55. The number of hydrogen-bond donors (Lipinski definition) is 0. The van der Waals surface area contributed by atoms with Crippen molar-refractivity contribution in [1.82, 2.24) is 24.8 Å². The van der Waals surface area contributed by atoms with Crippen LogP contribution >= 0.6 is 11.3 Å². The van der Waals surface area contributed by atoms with E-state index in [0.717, 1.165) is 21.4 Å². The number of pyridine rings is 1. The Bertz CT molecular complexity index is 739. The standard InChI is InChI=1S/C13H11N5S/c1-2-9(8-14-7-1)3-6-11-17-18-12(10-4-5-10)15-16-13(18)19-11/h1-3,6-8,10H,4-5H2/b6-3+. The van der Waals surface area contributed by atoms with Crippen molar-refractivity contribution in [3.63, 3.8) is 0 Å². The molecule has 3 aromatic rings. The first-order valence-electron chi connectivity index (χ1n) is 6.20. The van der Waals surface area contributed by atoms with Gasteiger partial charge in [-0.05, 0) is 30.5 Å². The van der Waals surface area contributed by atoms with Gasteiger partial charge in [0, 0.05) is 18.3 Å². The topological polar surface area (TPSA) is 56.0 Å². The summed E-state index contributed by atoms with van der Waals surface area (Å²) in [6, 6.07) is 3.93. The Kier molecular flexibility index (Phi) is 2.41. The Balaban J connectivity index is 1.66. The molecule has 19 heavy (non-hydrogen) atoms. The Morgan fingerprint density at radius 2 is 2.21 bits per heavy atom. The number of aromatic nitrogens is 5. The third-order valence-corrected chi connectivity index (χ3v) is 3.94. The van der Waals surface area contributed by atoms with Gasteiger partial charge in [-0.3, -0.25) is 4.98 Å². The molecule has 6 heteroatoms. The molecule has 0 spiro atoms. The van der Waals surface area contributed by atoms with Crippen molar-refractivity contribution in [1.29, 1.82) is 0 Å². The van der Waals surface area contributed by atoms with Crippen LogP contribution in [0.3, 0.4) is 0 Å². The summed E-state index contributed by atoms with van der Waals surface area (Å²) in [5.74, 6) is 1.57. The molecule has 3 aromatic heterocycles. The molecule has 4 rings (SSSR count). The zero-order chi connectivity index (χ0) is 12.7. The van der Waals surface area contributed by atoms with E-state index in [0.29, 0.717) is 5.92 Å². The smallest absolute Gasteiger partial charge is 0.234 e. The molecule has 5 nitrogen and oxygen atoms in total. The zero-order valence-corrected chi connectivity index (χ0v) is 10.9. The maximum absolute atomic E-state index is 4.55. The number of fused-ring (bicyclic) bond motifs is 1. The second kappa shape index (κ2) is 4.24. The maximum Gasteiger partial charge on any atom is 0.234 e. The molecule has 1 saturated carbocycles. The highest BCUT2D eigenvalue weighted by Crippen LogP contribution is 2.39. The average Bonchev–Trinajstić information content (AvgIpc) is 3.08. The molecule has 0 N–H and O–H groups in total. The van der Waals surface area contributed by atoms with E-state index in [1.807, 2.05) is 35.0 Å². The fourth-order valence-corrected chi connectivity index (χ4v) is 2.70. The second-order valence-corrected chi connectivity index (χ2v) is 5.57. The molecule has 0 aromatic carbocycles. The molecule has 0 aliphatic heterocycles. The van der Waals surface area contributed by atoms with Crippen LogP contribution in [0.5, 0.6) is 0 Å². The lowest BCUT2D eigenvalue weighted by Gasteiger charge is -1.90. The van der Waals surface area contributed by atoms with Crippen LogP contribution in [0.2, 0.25) is 0 Å². The van der Waals surface area contributed by atoms with Gasteiger partial charge in [0.05, 0.1) is 0 Å². The minimum absolute atomic E-state index is 0.562. The van der Waals surface area contributed by atoms with Gasteiger partial charge in [0.25, 0.3) is 0 Å². The first kappa shape index (κ1) is 10.8. The number of nitrogens with zero attached hydrogens (tertiary/aromatic N) is 5. The van der Waals surface area contributed by atoms with Crippen LogP contribution in [0.15, 0.2) is 24.5 Å². The van der Waals surface area contributed by atoms with Crippen LogP contribution in [0.4, 0.5) is 0 Å². The normalized spacial score (nSPS) is 15.6. The monoisotopic (exact) mass is 269 g/mol. The fraction of sp³-hybridized carbons (Fsp3) is 0.231. The first-order valence-corrected chi connectivity index (χ1v) is 7.02. The molecule has 0 unspecified atom stereocenters. The van der Waals surface area contributed by atoms with Gasteiger partial charge in [-0.1, -0.05) is 23.5 Å². The summed E-state index contributed by atoms with van der Waals surface area (Å²) in [6.07, 6.45) is 10.0. The van der Waals surface area contributed by atoms with Gasteiger partial charge >= 0.3 is 0 Å². The fourth-order valence-electron chi connectivity index (χ4n) is 1.95. The lowest BCUT2D eigenvalue weighted by atomic mass is 10.3. The summed E-state index contributed by atoms with van der Waals surface area (Å²) in [5, 5.41) is 13.9. The minimum Gasteiger partial charge on any atom is -0.264 e. The highest BCUT2D eigenvalue weighted by molar-refractivity contribution is 7.17. The molecular weight excluding hydrogens is 258 g/mol. The summed E-state index contributed by atoms with van der Waals surface area (Å²) in [7, 11) is 0. The van der Waals surface area contributed by atoms with E-state index in [9.17, 15) is 0 Å². The van der Waals surface area contributed by atoms with Crippen molar-refractivity contribution < 1.29 is 0 Å². The number of rotatable bonds is 3. The summed E-state index contributed by atoms with van der Waals surface area (Å²) in [6.45, 7) is 0. The molecule has 1 aliphatic rings. The molecule has 1 fully saturated rings. The van der Waals surface area contributed by atoms with Crippen LogP contribution in [-0.4, -0.2) is 24.8 Å². The molecule has 0 atom stereocenters. The van der Waals surface area contributed by atoms with E-state index in [1.54, 1.807) is 17.5 Å². The lowest BCUT2D eigenvalue weighted by Crippen LogP contribution is -1.92. The molecule has 0 amide bonds. The van der Waals surface area contributed by atoms with Gasteiger partial charge in [0.1, 0.15) is 5.01 Å². The lowest BCUT2D eigenvalue weighted by molar-refractivity contribution is 0.823. The molecule has 3 heterocycles. The van der Waals surface area contributed by atoms with Crippen LogP contribution in [0, 0.1) is 0 Å². The van der Waals surface area contributed by atoms with Crippen LogP contribution in [0.25, 0.3) is 17.1 Å². The Labute approximate surface area is 113 Å². The quantitative estimate of drug-likeness (QED) is 0.733. The zero-order valence-electron chi connectivity index (χ0n) is 10.1. The van der Waals surface area contributed by atoms with Crippen LogP contribution < -0.4 is 0 Å². The molecule has 0 saturated heterocycles. The van der Waals surface area contributed by atoms with E-state index in [1.165, 1.54) is 12.8 Å². The third-order valence-electron chi connectivity index (χ3n) is 3.08. The van der Waals surface area contributed by atoms with Crippen molar-refractivity contribution in [2.75, 3.05) is 0 Å². The maximum atomic E-state index is 4.55. The summed E-state index contributed by atoms with van der Waals surface area (Å²) in [5.41, 5.74) is 1.07. The van der Waals surface area contributed by atoms with E-state index in [4.69, 9.17) is 0 Å².